The molecular weight excluding hydrogens is 311 g/mol. The Bertz CT molecular complexity index is 655. The highest BCUT2D eigenvalue weighted by Crippen LogP contribution is 2.26. The summed E-state index contributed by atoms with van der Waals surface area (Å²) in [5.74, 6) is 0.591. The molecule has 0 saturated heterocycles. The van der Waals surface area contributed by atoms with Crippen LogP contribution in [0.1, 0.15) is 27.2 Å². The molecule has 0 unspecified atom stereocenters. The number of nitrogens with two attached hydrogens (primary N) is 1. The Hall–Kier alpha value is -1.49. The van der Waals surface area contributed by atoms with Crippen molar-refractivity contribution >= 4 is 29.9 Å². The molecule has 0 saturated carbocycles. The Labute approximate surface area is 134 Å². The van der Waals surface area contributed by atoms with Gasteiger partial charge in [0.25, 0.3) is 5.91 Å². The number of hydrogen-bond acceptors (Lipinski definition) is 3. The summed E-state index contributed by atoms with van der Waals surface area (Å²) < 4.78 is 5.22. The summed E-state index contributed by atoms with van der Waals surface area (Å²) in [5, 5.41) is 0.781. The maximum absolute atomic E-state index is 12.4. The lowest BCUT2D eigenvalue weighted by Crippen LogP contribution is -2.35. The fourth-order valence-corrected chi connectivity index (χ4v) is 2.81. The van der Waals surface area contributed by atoms with E-state index in [4.69, 9.17) is 21.8 Å². The fraction of sp³-hybridized carbons (Fsp3) is 0.267. The van der Waals surface area contributed by atoms with E-state index in [1.165, 1.54) is 6.26 Å². The lowest BCUT2D eigenvalue weighted by atomic mass is 9.99. The monoisotopic (exact) mass is 326 g/mol. The third kappa shape index (κ3) is 3.07. The van der Waals surface area contributed by atoms with Crippen molar-refractivity contribution in [2.75, 3.05) is 6.54 Å². The minimum Gasteiger partial charge on any atom is -0.467 e. The van der Waals surface area contributed by atoms with Gasteiger partial charge in [0.15, 0.2) is 0 Å². The molecule has 1 aliphatic rings. The van der Waals surface area contributed by atoms with Crippen molar-refractivity contribution in [2.24, 2.45) is 5.73 Å². The molecule has 2 heterocycles. The van der Waals surface area contributed by atoms with Gasteiger partial charge in [-0.2, -0.15) is 0 Å². The van der Waals surface area contributed by atoms with Crippen LogP contribution in [0.5, 0.6) is 0 Å². The van der Waals surface area contributed by atoms with E-state index in [2.05, 4.69) is 0 Å². The van der Waals surface area contributed by atoms with Crippen molar-refractivity contribution in [2.45, 2.75) is 19.5 Å². The molecule has 1 aromatic carbocycles. The number of carbonyl (C=O) groups excluding carboxylic acids is 1. The van der Waals surface area contributed by atoms with Crippen LogP contribution in [0.2, 0.25) is 5.02 Å². The summed E-state index contributed by atoms with van der Waals surface area (Å²) in [4.78, 5) is 14.2. The van der Waals surface area contributed by atoms with Gasteiger partial charge in [-0.1, -0.05) is 23.7 Å². The van der Waals surface area contributed by atoms with Crippen LogP contribution in [0.3, 0.4) is 0 Å². The van der Waals surface area contributed by atoms with E-state index in [0.717, 1.165) is 22.6 Å². The van der Waals surface area contributed by atoms with Crippen LogP contribution < -0.4 is 5.73 Å². The highest BCUT2D eigenvalue weighted by Gasteiger charge is 2.24. The van der Waals surface area contributed by atoms with Gasteiger partial charge in [0.2, 0.25) is 0 Å². The Morgan fingerprint density at radius 3 is 2.95 bits per heavy atom. The van der Waals surface area contributed by atoms with Crippen LogP contribution in [0.15, 0.2) is 34.9 Å². The maximum Gasteiger partial charge on any atom is 0.257 e. The topological polar surface area (TPSA) is 59.5 Å². The molecule has 2 N–H and O–H groups in total. The standard InChI is InChI=1S/C15H15ClN2O2.ClH/c16-14-3-1-2-10-8-18(5-4-13(10)14)15(19)11-6-12(7-17)20-9-11;/h1-3,6,9H,4-5,7-8,17H2;1H. The van der Waals surface area contributed by atoms with Crippen LogP contribution in [-0.2, 0) is 19.5 Å². The lowest BCUT2D eigenvalue weighted by molar-refractivity contribution is 0.0734. The molecule has 0 bridgehead atoms. The highest BCUT2D eigenvalue weighted by molar-refractivity contribution is 6.31. The van der Waals surface area contributed by atoms with Gasteiger partial charge in [0.1, 0.15) is 12.0 Å². The van der Waals surface area contributed by atoms with E-state index in [9.17, 15) is 4.79 Å². The van der Waals surface area contributed by atoms with Crippen molar-refractivity contribution in [1.82, 2.24) is 4.90 Å². The predicted octanol–water partition coefficient (Wildman–Crippen LogP) is 3.01. The number of carbonyl (C=O) groups is 1. The first-order chi connectivity index (χ1) is 9.69. The van der Waals surface area contributed by atoms with E-state index in [1.54, 1.807) is 6.07 Å². The van der Waals surface area contributed by atoms with Gasteiger partial charge in [0, 0.05) is 18.1 Å². The van der Waals surface area contributed by atoms with Crippen LogP contribution in [0.4, 0.5) is 0 Å². The summed E-state index contributed by atoms with van der Waals surface area (Å²) in [6.07, 6.45) is 2.25. The second-order valence-corrected chi connectivity index (χ2v) is 5.27. The average Bonchev–Trinajstić information content (AvgIpc) is 2.95. The third-order valence-electron chi connectivity index (χ3n) is 3.60. The molecule has 0 aliphatic carbocycles. The van der Waals surface area contributed by atoms with Crippen LogP contribution >= 0.6 is 24.0 Å². The first kappa shape index (κ1) is 15.9. The Morgan fingerprint density at radius 2 is 2.24 bits per heavy atom. The fourth-order valence-electron chi connectivity index (χ4n) is 2.52. The molecule has 0 spiro atoms. The van der Waals surface area contributed by atoms with Crippen molar-refractivity contribution in [3.63, 3.8) is 0 Å². The van der Waals surface area contributed by atoms with E-state index in [0.29, 0.717) is 31.0 Å². The van der Waals surface area contributed by atoms with Crippen LogP contribution in [-0.4, -0.2) is 17.4 Å². The van der Waals surface area contributed by atoms with Crippen LogP contribution in [0.25, 0.3) is 0 Å². The number of amides is 1. The zero-order valence-electron chi connectivity index (χ0n) is 11.3. The normalized spacial score (nSPS) is 13.5. The first-order valence-corrected chi connectivity index (χ1v) is 6.90. The number of hydrogen-bond donors (Lipinski definition) is 1. The molecule has 0 radical (unpaired) electrons. The molecule has 6 heteroatoms. The molecule has 0 fully saturated rings. The van der Waals surface area contributed by atoms with Crippen molar-refractivity contribution in [3.8, 4) is 0 Å². The number of nitrogens with zero attached hydrogens (tertiary/aromatic N) is 1. The summed E-state index contributed by atoms with van der Waals surface area (Å²) in [5.41, 5.74) is 8.30. The second-order valence-electron chi connectivity index (χ2n) is 4.86. The SMILES string of the molecule is Cl.NCc1cc(C(=O)N2CCc3c(Cl)cccc3C2)co1. The number of halogens is 2. The molecule has 1 aliphatic heterocycles. The van der Waals surface area contributed by atoms with Gasteiger partial charge in [-0.15, -0.1) is 12.4 Å². The average molecular weight is 327 g/mol. The van der Waals surface area contributed by atoms with E-state index in [-0.39, 0.29) is 18.3 Å². The summed E-state index contributed by atoms with van der Waals surface area (Å²) in [6.45, 7) is 1.54. The second kappa shape index (κ2) is 6.52. The van der Waals surface area contributed by atoms with E-state index < -0.39 is 0 Å². The first-order valence-electron chi connectivity index (χ1n) is 6.52. The zero-order chi connectivity index (χ0) is 14.1. The minimum absolute atomic E-state index is 0. The molecule has 2 aromatic rings. The lowest BCUT2D eigenvalue weighted by Gasteiger charge is -2.29. The quantitative estimate of drug-likeness (QED) is 0.922. The van der Waals surface area contributed by atoms with Crippen molar-refractivity contribution in [1.29, 1.82) is 0 Å². The number of fused-ring (bicyclic) bond motifs is 1. The van der Waals surface area contributed by atoms with E-state index >= 15 is 0 Å². The molecule has 0 atom stereocenters. The number of benzene rings is 1. The van der Waals surface area contributed by atoms with Gasteiger partial charge in [-0.05, 0) is 29.7 Å². The molecular formula is C15H16Cl2N2O2. The van der Waals surface area contributed by atoms with Crippen molar-refractivity contribution < 1.29 is 9.21 Å². The van der Waals surface area contributed by atoms with Gasteiger partial charge < -0.3 is 15.1 Å². The molecule has 1 aromatic heterocycles. The summed E-state index contributed by atoms with van der Waals surface area (Å²) in [6, 6.07) is 7.53. The predicted molar refractivity (Wildman–Crippen MR) is 83.7 cm³/mol. The van der Waals surface area contributed by atoms with Gasteiger partial charge in [-0.3, -0.25) is 4.79 Å². The molecule has 1 amide bonds. The minimum atomic E-state index is -0.0286. The molecule has 21 heavy (non-hydrogen) atoms. The third-order valence-corrected chi connectivity index (χ3v) is 3.95. The molecule has 4 nitrogen and oxygen atoms in total. The Kier molecular flexibility index (Phi) is 4.93. The number of rotatable bonds is 2. The zero-order valence-corrected chi connectivity index (χ0v) is 12.9. The van der Waals surface area contributed by atoms with Crippen LogP contribution in [0, 0.1) is 0 Å². The number of furan rings is 1. The van der Waals surface area contributed by atoms with Gasteiger partial charge in [-0.25, -0.2) is 0 Å². The summed E-state index contributed by atoms with van der Waals surface area (Å²) >= 11 is 6.18. The summed E-state index contributed by atoms with van der Waals surface area (Å²) in [7, 11) is 0. The van der Waals surface area contributed by atoms with Crippen molar-refractivity contribution in [3.05, 3.63) is 58.0 Å². The van der Waals surface area contributed by atoms with Gasteiger partial charge >= 0.3 is 0 Å². The van der Waals surface area contributed by atoms with Gasteiger partial charge in [0.05, 0.1) is 12.1 Å². The maximum atomic E-state index is 12.4. The Morgan fingerprint density at radius 1 is 1.43 bits per heavy atom. The molecule has 3 rings (SSSR count). The van der Waals surface area contributed by atoms with E-state index in [1.807, 2.05) is 23.1 Å². The Balaban J connectivity index is 0.00000161. The largest absolute Gasteiger partial charge is 0.467 e. The smallest absolute Gasteiger partial charge is 0.257 e. The molecule has 112 valence electrons. The highest BCUT2D eigenvalue weighted by atomic mass is 35.5.